The highest BCUT2D eigenvalue weighted by molar-refractivity contribution is 6.31. The first-order chi connectivity index (χ1) is 6.86. The third-order valence-corrected chi connectivity index (χ3v) is 2.26. The number of hydrogen-bond acceptors (Lipinski definition) is 1. The number of nitrogens with two attached hydrogens (primary N) is 1. The SMILES string of the molecule is C=C[C@@H](N)c1ccc(Cl)c(C(F)(F)F)c1. The lowest BCUT2D eigenvalue weighted by atomic mass is 10.0. The molecule has 0 heterocycles. The molecule has 0 bridgehead atoms. The molecule has 5 heteroatoms. The predicted molar refractivity (Wildman–Crippen MR) is 53.6 cm³/mol. The van der Waals surface area contributed by atoms with Crippen molar-refractivity contribution in [3.05, 3.63) is 47.0 Å². The van der Waals surface area contributed by atoms with Crippen molar-refractivity contribution in [3.63, 3.8) is 0 Å². The normalized spacial score (nSPS) is 13.7. The monoisotopic (exact) mass is 235 g/mol. The Kier molecular flexibility index (Phi) is 3.42. The van der Waals surface area contributed by atoms with Crippen molar-refractivity contribution in [2.24, 2.45) is 5.73 Å². The Morgan fingerprint density at radius 2 is 2.00 bits per heavy atom. The average Bonchev–Trinajstić information content (AvgIpc) is 2.15. The molecule has 0 fully saturated rings. The van der Waals surface area contributed by atoms with Gasteiger partial charge in [0, 0.05) is 6.04 Å². The summed E-state index contributed by atoms with van der Waals surface area (Å²) in [5.74, 6) is 0. The zero-order chi connectivity index (χ0) is 11.6. The summed E-state index contributed by atoms with van der Waals surface area (Å²) in [4.78, 5) is 0. The number of rotatable bonds is 2. The Balaban J connectivity index is 3.22. The summed E-state index contributed by atoms with van der Waals surface area (Å²) in [6.45, 7) is 3.41. The van der Waals surface area contributed by atoms with Gasteiger partial charge in [-0.15, -0.1) is 6.58 Å². The summed E-state index contributed by atoms with van der Waals surface area (Å²) in [6, 6.07) is 2.95. The Morgan fingerprint density at radius 3 is 2.47 bits per heavy atom. The van der Waals surface area contributed by atoms with Crippen LogP contribution >= 0.6 is 11.6 Å². The lowest BCUT2D eigenvalue weighted by molar-refractivity contribution is -0.137. The summed E-state index contributed by atoms with van der Waals surface area (Å²) in [7, 11) is 0. The minimum absolute atomic E-state index is 0.331. The van der Waals surface area contributed by atoms with E-state index in [2.05, 4.69) is 6.58 Å². The number of halogens is 4. The lowest BCUT2D eigenvalue weighted by Gasteiger charge is -2.12. The quantitative estimate of drug-likeness (QED) is 0.780. The van der Waals surface area contributed by atoms with E-state index in [1.807, 2.05) is 0 Å². The van der Waals surface area contributed by atoms with E-state index in [4.69, 9.17) is 17.3 Å². The molecule has 1 atom stereocenters. The largest absolute Gasteiger partial charge is 0.417 e. The summed E-state index contributed by atoms with van der Waals surface area (Å²) in [5.41, 5.74) is 4.99. The molecule has 0 saturated heterocycles. The molecule has 0 unspecified atom stereocenters. The highest BCUT2D eigenvalue weighted by Gasteiger charge is 2.33. The van der Waals surface area contributed by atoms with Gasteiger partial charge in [-0.05, 0) is 17.7 Å². The average molecular weight is 236 g/mol. The third kappa shape index (κ3) is 2.73. The molecule has 0 aliphatic heterocycles. The first-order valence-electron chi connectivity index (χ1n) is 4.11. The fourth-order valence-corrected chi connectivity index (χ4v) is 1.33. The van der Waals surface area contributed by atoms with E-state index in [0.717, 1.165) is 6.07 Å². The lowest BCUT2D eigenvalue weighted by Crippen LogP contribution is -2.11. The van der Waals surface area contributed by atoms with E-state index in [0.29, 0.717) is 5.56 Å². The van der Waals surface area contributed by atoms with Gasteiger partial charge in [0.1, 0.15) is 0 Å². The third-order valence-electron chi connectivity index (χ3n) is 1.93. The van der Waals surface area contributed by atoms with E-state index in [-0.39, 0.29) is 5.02 Å². The first-order valence-corrected chi connectivity index (χ1v) is 4.49. The molecule has 1 nitrogen and oxygen atoms in total. The second-order valence-electron chi connectivity index (χ2n) is 3.00. The summed E-state index contributed by atoms with van der Waals surface area (Å²) in [6.07, 6.45) is -3.10. The van der Waals surface area contributed by atoms with Crippen molar-refractivity contribution in [2.45, 2.75) is 12.2 Å². The van der Waals surface area contributed by atoms with E-state index >= 15 is 0 Å². The van der Waals surface area contributed by atoms with Crippen LogP contribution in [0.1, 0.15) is 17.2 Å². The molecule has 1 aromatic carbocycles. The van der Waals surface area contributed by atoms with Gasteiger partial charge in [0.05, 0.1) is 10.6 Å². The van der Waals surface area contributed by atoms with E-state index in [1.54, 1.807) is 0 Å². The van der Waals surface area contributed by atoms with Crippen LogP contribution in [-0.2, 0) is 6.18 Å². The standard InChI is InChI=1S/C10H9ClF3N/c1-2-9(15)6-3-4-8(11)7(5-6)10(12,13)14/h2-5,9H,1,15H2/t9-/m1/s1. The van der Waals surface area contributed by atoms with Crippen LogP contribution in [0.2, 0.25) is 5.02 Å². The van der Waals surface area contributed by atoms with Crippen molar-refractivity contribution in [3.8, 4) is 0 Å². The van der Waals surface area contributed by atoms with Crippen LogP contribution in [0.25, 0.3) is 0 Å². The van der Waals surface area contributed by atoms with Crippen LogP contribution < -0.4 is 5.73 Å². The Hall–Kier alpha value is -1.00. The van der Waals surface area contributed by atoms with Crippen molar-refractivity contribution in [2.75, 3.05) is 0 Å². The van der Waals surface area contributed by atoms with Crippen LogP contribution in [-0.4, -0.2) is 0 Å². The number of hydrogen-bond donors (Lipinski definition) is 1. The minimum Gasteiger partial charge on any atom is -0.321 e. The Labute approximate surface area is 90.3 Å². The molecule has 0 aliphatic rings. The van der Waals surface area contributed by atoms with Crippen molar-refractivity contribution in [1.29, 1.82) is 0 Å². The summed E-state index contributed by atoms with van der Waals surface area (Å²) >= 11 is 5.44. The van der Waals surface area contributed by atoms with Crippen molar-refractivity contribution >= 4 is 11.6 Å². The van der Waals surface area contributed by atoms with Crippen LogP contribution in [0.15, 0.2) is 30.9 Å². The summed E-state index contributed by atoms with van der Waals surface area (Å²) < 4.78 is 37.3. The van der Waals surface area contributed by atoms with Crippen LogP contribution in [0.3, 0.4) is 0 Å². The van der Waals surface area contributed by atoms with E-state index in [1.165, 1.54) is 18.2 Å². The second-order valence-corrected chi connectivity index (χ2v) is 3.41. The van der Waals surface area contributed by atoms with Crippen LogP contribution in [0, 0.1) is 0 Å². The topological polar surface area (TPSA) is 26.0 Å². The van der Waals surface area contributed by atoms with E-state index in [9.17, 15) is 13.2 Å². The smallest absolute Gasteiger partial charge is 0.321 e. The fraction of sp³-hybridized carbons (Fsp3) is 0.200. The van der Waals surface area contributed by atoms with Crippen molar-refractivity contribution < 1.29 is 13.2 Å². The summed E-state index contributed by atoms with van der Waals surface area (Å²) in [5, 5.41) is -0.331. The molecule has 2 N–H and O–H groups in total. The number of alkyl halides is 3. The maximum absolute atomic E-state index is 12.4. The van der Waals surface area contributed by atoms with Gasteiger partial charge in [-0.2, -0.15) is 13.2 Å². The zero-order valence-corrected chi connectivity index (χ0v) is 8.44. The predicted octanol–water partition coefficient (Wildman–Crippen LogP) is 3.54. The minimum atomic E-state index is -4.46. The van der Waals surface area contributed by atoms with Gasteiger partial charge in [-0.1, -0.05) is 23.7 Å². The van der Waals surface area contributed by atoms with Gasteiger partial charge < -0.3 is 5.73 Å². The van der Waals surface area contributed by atoms with Gasteiger partial charge in [-0.3, -0.25) is 0 Å². The van der Waals surface area contributed by atoms with E-state index < -0.39 is 17.8 Å². The molecule has 1 rings (SSSR count). The Bertz CT molecular complexity index is 373. The maximum atomic E-state index is 12.4. The number of benzene rings is 1. The highest BCUT2D eigenvalue weighted by Crippen LogP contribution is 2.35. The van der Waals surface area contributed by atoms with Gasteiger partial charge in [0.25, 0.3) is 0 Å². The molecule has 1 aromatic rings. The molecule has 0 spiro atoms. The van der Waals surface area contributed by atoms with Crippen molar-refractivity contribution in [1.82, 2.24) is 0 Å². The molecular formula is C10H9ClF3N. The zero-order valence-electron chi connectivity index (χ0n) is 7.68. The molecule has 15 heavy (non-hydrogen) atoms. The highest BCUT2D eigenvalue weighted by atomic mass is 35.5. The fourth-order valence-electron chi connectivity index (χ4n) is 1.10. The second kappa shape index (κ2) is 4.24. The molecule has 0 amide bonds. The van der Waals surface area contributed by atoms with Gasteiger partial charge in [-0.25, -0.2) is 0 Å². The first kappa shape index (κ1) is 12.1. The van der Waals surface area contributed by atoms with Crippen LogP contribution in [0.5, 0.6) is 0 Å². The molecule has 0 aromatic heterocycles. The Morgan fingerprint density at radius 1 is 1.40 bits per heavy atom. The maximum Gasteiger partial charge on any atom is 0.417 e. The molecular weight excluding hydrogens is 227 g/mol. The molecule has 0 saturated carbocycles. The van der Waals surface area contributed by atoms with Gasteiger partial charge >= 0.3 is 6.18 Å². The molecule has 0 radical (unpaired) electrons. The molecule has 0 aliphatic carbocycles. The van der Waals surface area contributed by atoms with Crippen LogP contribution in [0.4, 0.5) is 13.2 Å². The van der Waals surface area contributed by atoms with Gasteiger partial charge in [0.2, 0.25) is 0 Å². The van der Waals surface area contributed by atoms with Gasteiger partial charge in [0.15, 0.2) is 0 Å². The molecule has 82 valence electrons.